The van der Waals surface area contributed by atoms with Crippen molar-refractivity contribution >= 4 is 17.8 Å². The number of nitrogens with one attached hydrogen (secondary N) is 1. The number of benzene rings is 3. The van der Waals surface area contributed by atoms with E-state index in [0.717, 1.165) is 11.1 Å². The SMILES string of the molecule is COc1cc(C=NNC(=O)c2ccccc2C)c([N+](=O)[O-])cc1OCc1ccccc1. The second-order valence-corrected chi connectivity index (χ2v) is 6.61. The molecule has 0 fully saturated rings. The van der Waals surface area contributed by atoms with Crippen molar-refractivity contribution in [2.75, 3.05) is 7.11 Å². The first-order valence-corrected chi connectivity index (χ1v) is 9.41. The molecule has 158 valence electrons. The molecular weight excluding hydrogens is 398 g/mol. The van der Waals surface area contributed by atoms with E-state index in [0.29, 0.717) is 11.3 Å². The van der Waals surface area contributed by atoms with E-state index in [4.69, 9.17) is 9.47 Å². The van der Waals surface area contributed by atoms with Crippen LogP contribution in [0, 0.1) is 17.0 Å². The highest BCUT2D eigenvalue weighted by Crippen LogP contribution is 2.34. The van der Waals surface area contributed by atoms with Crippen LogP contribution in [0.2, 0.25) is 0 Å². The molecule has 1 amide bonds. The largest absolute Gasteiger partial charge is 0.493 e. The first kappa shape index (κ1) is 21.5. The van der Waals surface area contributed by atoms with Gasteiger partial charge >= 0.3 is 0 Å². The molecule has 0 saturated heterocycles. The van der Waals surface area contributed by atoms with E-state index in [1.54, 1.807) is 12.1 Å². The zero-order valence-corrected chi connectivity index (χ0v) is 17.1. The fourth-order valence-electron chi connectivity index (χ4n) is 2.88. The number of carbonyl (C=O) groups is 1. The predicted molar refractivity (Wildman–Crippen MR) is 117 cm³/mol. The molecular formula is C23H21N3O5. The van der Waals surface area contributed by atoms with E-state index in [1.807, 2.05) is 49.4 Å². The number of nitrogens with zero attached hydrogens (tertiary/aromatic N) is 2. The fraction of sp³-hybridized carbons (Fsp3) is 0.130. The molecule has 1 N–H and O–H groups in total. The molecule has 0 aliphatic rings. The Morgan fingerprint density at radius 1 is 1.10 bits per heavy atom. The lowest BCUT2D eigenvalue weighted by molar-refractivity contribution is -0.385. The number of hydrazone groups is 1. The van der Waals surface area contributed by atoms with Crippen molar-refractivity contribution in [3.8, 4) is 11.5 Å². The van der Waals surface area contributed by atoms with Crippen LogP contribution in [-0.4, -0.2) is 24.2 Å². The van der Waals surface area contributed by atoms with Crippen LogP contribution in [0.3, 0.4) is 0 Å². The van der Waals surface area contributed by atoms with Gasteiger partial charge in [-0.3, -0.25) is 14.9 Å². The second-order valence-electron chi connectivity index (χ2n) is 6.61. The van der Waals surface area contributed by atoms with Crippen molar-refractivity contribution in [3.05, 3.63) is 99.1 Å². The summed E-state index contributed by atoms with van der Waals surface area (Å²) in [6.07, 6.45) is 1.21. The van der Waals surface area contributed by atoms with Crippen molar-refractivity contribution in [3.63, 3.8) is 0 Å². The van der Waals surface area contributed by atoms with E-state index in [9.17, 15) is 14.9 Å². The molecule has 8 heteroatoms. The van der Waals surface area contributed by atoms with Gasteiger partial charge in [0.05, 0.1) is 29.9 Å². The van der Waals surface area contributed by atoms with E-state index in [1.165, 1.54) is 25.5 Å². The van der Waals surface area contributed by atoms with Crippen LogP contribution in [0.5, 0.6) is 11.5 Å². The Balaban J connectivity index is 1.81. The minimum absolute atomic E-state index is 0.166. The molecule has 3 aromatic carbocycles. The number of hydrogen-bond acceptors (Lipinski definition) is 6. The third-order valence-corrected chi connectivity index (χ3v) is 4.51. The smallest absolute Gasteiger partial charge is 0.282 e. The van der Waals surface area contributed by atoms with Gasteiger partial charge in [-0.15, -0.1) is 0 Å². The fourth-order valence-corrected chi connectivity index (χ4v) is 2.88. The highest BCUT2D eigenvalue weighted by Gasteiger charge is 2.19. The lowest BCUT2D eigenvalue weighted by Gasteiger charge is -2.12. The van der Waals surface area contributed by atoms with E-state index >= 15 is 0 Å². The maximum absolute atomic E-state index is 12.3. The maximum atomic E-state index is 12.3. The lowest BCUT2D eigenvalue weighted by Crippen LogP contribution is -2.18. The quantitative estimate of drug-likeness (QED) is 0.334. The summed E-state index contributed by atoms with van der Waals surface area (Å²) in [5.41, 5.74) is 4.51. The van der Waals surface area contributed by atoms with Crippen LogP contribution in [0.4, 0.5) is 5.69 Å². The number of nitro groups is 1. The number of amides is 1. The van der Waals surface area contributed by atoms with Crippen LogP contribution in [0.1, 0.15) is 27.0 Å². The molecule has 0 bridgehead atoms. The van der Waals surface area contributed by atoms with Crippen molar-refractivity contribution in [1.82, 2.24) is 5.43 Å². The molecule has 3 rings (SSSR count). The molecule has 8 nitrogen and oxygen atoms in total. The molecule has 0 saturated carbocycles. The van der Waals surface area contributed by atoms with Crippen LogP contribution >= 0.6 is 0 Å². The highest BCUT2D eigenvalue weighted by molar-refractivity contribution is 5.96. The monoisotopic (exact) mass is 419 g/mol. The second kappa shape index (κ2) is 10.0. The molecule has 31 heavy (non-hydrogen) atoms. The molecule has 0 aliphatic carbocycles. The van der Waals surface area contributed by atoms with Gasteiger partial charge in [0.15, 0.2) is 11.5 Å². The van der Waals surface area contributed by atoms with Gasteiger partial charge in [-0.2, -0.15) is 5.10 Å². The van der Waals surface area contributed by atoms with Crippen LogP contribution in [0.15, 0.2) is 71.8 Å². The standard InChI is InChI=1S/C23H21N3O5/c1-16-8-6-7-11-19(16)23(27)25-24-14-18-12-21(30-2)22(13-20(18)26(28)29)31-15-17-9-4-3-5-10-17/h3-14H,15H2,1-2H3,(H,25,27). The molecule has 0 radical (unpaired) electrons. The van der Waals surface area contributed by atoms with Crippen LogP contribution < -0.4 is 14.9 Å². The average Bonchev–Trinajstić information content (AvgIpc) is 2.78. The molecule has 0 heterocycles. The van der Waals surface area contributed by atoms with Crippen LogP contribution in [-0.2, 0) is 6.61 Å². The Morgan fingerprint density at radius 3 is 2.48 bits per heavy atom. The van der Waals surface area contributed by atoms with Gasteiger partial charge in [0.1, 0.15) is 6.61 Å². The number of carbonyl (C=O) groups excluding carboxylic acids is 1. The molecule has 0 unspecified atom stereocenters. The molecule has 0 atom stereocenters. The third kappa shape index (κ3) is 5.45. The topological polar surface area (TPSA) is 103 Å². The Labute approximate surface area is 179 Å². The maximum Gasteiger partial charge on any atom is 0.282 e. The van der Waals surface area contributed by atoms with Crippen molar-refractivity contribution in [2.24, 2.45) is 5.10 Å². The van der Waals surface area contributed by atoms with E-state index < -0.39 is 10.8 Å². The summed E-state index contributed by atoms with van der Waals surface area (Å²) < 4.78 is 11.1. The van der Waals surface area contributed by atoms with Crippen molar-refractivity contribution in [2.45, 2.75) is 13.5 Å². The number of hydrogen-bond donors (Lipinski definition) is 1. The number of rotatable bonds is 8. The summed E-state index contributed by atoms with van der Waals surface area (Å²) in [5.74, 6) is 0.138. The number of ether oxygens (including phenoxy) is 2. The Morgan fingerprint density at radius 2 is 1.81 bits per heavy atom. The van der Waals surface area contributed by atoms with Gasteiger partial charge < -0.3 is 9.47 Å². The Hall–Kier alpha value is -4.20. The van der Waals surface area contributed by atoms with E-state index in [-0.39, 0.29) is 23.6 Å². The summed E-state index contributed by atoms with van der Waals surface area (Å²) >= 11 is 0. The minimum Gasteiger partial charge on any atom is -0.493 e. The molecule has 0 spiro atoms. The lowest BCUT2D eigenvalue weighted by atomic mass is 10.1. The first-order chi connectivity index (χ1) is 15.0. The molecule has 0 aliphatic heterocycles. The Bertz CT molecular complexity index is 1110. The minimum atomic E-state index is -0.542. The van der Waals surface area contributed by atoms with Crippen molar-refractivity contribution < 1.29 is 19.2 Å². The van der Waals surface area contributed by atoms with Crippen LogP contribution in [0.25, 0.3) is 0 Å². The molecule has 3 aromatic rings. The van der Waals surface area contributed by atoms with Gasteiger partial charge in [0, 0.05) is 5.56 Å². The van der Waals surface area contributed by atoms with Gasteiger partial charge in [-0.1, -0.05) is 48.5 Å². The molecule has 0 aromatic heterocycles. The first-order valence-electron chi connectivity index (χ1n) is 9.41. The number of methoxy groups -OCH3 is 1. The van der Waals surface area contributed by atoms with Gasteiger partial charge in [0.25, 0.3) is 11.6 Å². The normalized spacial score (nSPS) is 10.6. The number of nitro benzene ring substituents is 1. The summed E-state index contributed by atoms with van der Waals surface area (Å²) in [6.45, 7) is 2.04. The average molecular weight is 419 g/mol. The van der Waals surface area contributed by atoms with Crippen molar-refractivity contribution in [1.29, 1.82) is 0 Å². The van der Waals surface area contributed by atoms with Gasteiger partial charge in [-0.05, 0) is 30.2 Å². The summed E-state index contributed by atoms with van der Waals surface area (Å²) in [6, 6.07) is 19.2. The van der Waals surface area contributed by atoms with Gasteiger partial charge in [0.2, 0.25) is 0 Å². The van der Waals surface area contributed by atoms with Gasteiger partial charge in [-0.25, -0.2) is 5.43 Å². The Kier molecular flexibility index (Phi) is 6.95. The van der Waals surface area contributed by atoms with E-state index in [2.05, 4.69) is 10.5 Å². The zero-order valence-electron chi connectivity index (χ0n) is 17.1. The predicted octanol–water partition coefficient (Wildman–Crippen LogP) is 4.25. The zero-order chi connectivity index (χ0) is 22.2. The highest BCUT2D eigenvalue weighted by atomic mass is 16.6. The third-order valence-electron chi connectivity index (χ3n) is 4.51. The summed E-state index contributed by atoms with van der Waals surface area (Å²) in [7, 11) is 1.44. The number of aryl methyl sites for hydroxylation is 1. The summed E-state index contributed by atoms with van der Waals surface area (Å²) in [4.78, 5) is 23.3. The summed E-state index contributed by atoms with van der Waals surface area (Å²) in [5, 5.41) is 15.4.